The third kappa shape index (κ3) is 2.70. The van der Waals surface area contributed by atoms with E-state index in [1.807, 2.05) is 54.5 Å². The molecule has 140 valence electrons. The Balaban J connectivity index is 1.88. The van der Waals surface area contributed by atoms with Crippen molar-refractivity contribution in [3.63, 3.8) is 0 Å². The van der Waals surface area contributed by atoms with Gasteiger partial charge in [-0.1, -0.05) is 18.2 Å². The van der Waals surface area contributed by atoms with Crippen molar-refractivity contribution < 1.29 is 4.79 Å². The lowest BCUT2D eigenvalue weighted by Gasteiger charge is -2.23. The molecular formula is C21H19N5OS. The van der Waals surface area contributed by atoms with Crippen molar-refractivity contribution in [3.05, 3.63) is 75.5 Å². The van der Waals surface area contributed by atoms with Gasteiger partial charge in [0.2, 0.25) is 0 Å². The summed E-state index contributed by atoms with van der Waals surface area (Å²) in [6.07, 6.45) is 3.75. The maximum Gasteiger partial charge on any atom is 0.262 e. The van der Waals surface area contributed by atoms with Crippen LogP contribution in [0.5, 0.6) is 0 Å². The zero-order valence-corrected chi connectivity index (χ0v) is 16.6. The molecule has 3 heterocycles. The number of nitrogens with zero attached hydrogens (tertiary/aromatic N) is 4. The lowest BCUT2D eigenvalue weighted by atomic mass is 9.89. The molecule has 0 spiro atoms. The van der Waals surface area contributed by atoms with Gasteiger partial charge < -0.3 is 10.3 Å². The van der Waals surface area contributed by atoms with Crippen LogP contribution >= 0.6 is 11.3 Å². The Morgan fingerprint density at radius 2 is 2.00 bits per heavy atom. The molecule has 1 aromatic carbocycles. The number of rotatable bonds is 2. The average Bonchev–Trinajstić information content (AvgIpc) is 3.33. The molecule has 1 atom stereocenters. The molecule has 1 aliphatic heterocycles. The molecular weight excluding hydrogens is 370 g/mol. The number of aromatic nitrogens is 1. The fraction of sp³-hybridized carbons (Fsp3) is 0.190. The Labute approximate surface area is 167 Å². The van der Waals surface area contributed by atoms with Gasteiger partial charge in [0.25, 0.3) is 5.91 Å². The second-order valence-electron chi connectivity index (χ2n) is 7.02. The molecule has 1 aliphatic rings. The molecule has 4 rings (SSSR count). The maximum atomic E-state index is 12.8. The zero-order valence-electron chi connectivity index (χ0n) is 15.8. The molecule has 1 amide bonds. The molecule has 28 heavy (non-hydrogen) atoms. The third-order valence-electron chi connectivity index (χ3n) is 5.08. The van der Waals surface area contributed by atoms with Crippen molar-refractivity contribution in [1.29, 1.82) is 0 Å². The predicted molar refractivity (Wildman–Crippen MR) is 112 cm³/mol. The van der Waals surface area contributed by atoms with Gasteiger partial charge in [0.15, 0.2) is 11.6 Å². The van der Waals surface area contributed by atoms with Crippen LogP contribution in [-0.4, -0.2) is 28.4 Å². The molecule has 0 bridgehead atoms. The van der Waals surface area contributed by atoms with Gasteiger partial charge in [-0.3, -0.25) is 9.69 Å². The van der Waals surface area contributed by atoms with E-state index in [1.54, 1.807) is 24.5 Å². The Hall–Kier alpha value is -3.37. The van der Waals surface area contributed by atoms with Crippen molar-refractivity contribution in [3.8, 4) is 11.1 Å². The number of aliphatic imine (C=N–C) groups is 1. The van der Waals surface area contributed by atoms with E-state index >= 15 is 0 Å². The molecule has 0 radical (unpaired) electrons. The molecule has 7 heteroatoms. The second-order valence-corrected chi connectivity index (χ2v) is 7.93. The van der Waals surface area contributed by atoms with Gasteiger partial charge in [0, 0.05) is 36.9 Å². The first kappa shape index (κ1) is 18.0. The van der Waals surface area contributed by atoms with Crippen LogP contribution < -0.4 is 5.73 Å². The van der Waals surface area contributed by atoms with Crippen LogP contribution in [0.25, 0.3) is 16.0 Å². The minimum Gasteiger partial charge on any atom is -0.369 e. The minimum absolute atomic E-state index is 0.165. The average molecular weight is 389 g/mol. The Bertz CT molecular complexity index is 1170. The van der Waals surface area contributed by atoms with Crippen LogP contribution in [0.3, 0.4) is 0 Å². The van der Waals surface area contributed by atoms with Crippen LogP contribution in [0, 0.1) is 6.57 Å². The van der Waals surface area contributed by atoms with Gasteiger partial charge >= 0.3 is 0 Å². The van der Waals surface area contributed by atoms with Gasteiger partial charge in [-0.2, -0.15) is 0 Å². The van der Waals surface area contributed by atoms with E-state index in [-0.39, 0.29) is 11.9 Å². The summed E-state index contributed by atoms with van der Waals surface area (Å²) in [6, 6.07) is 9.60. The number of amides is 1. The summed E-state index contributed by atoms with van der Waals surface area (Å²) < 4.78 is 1.87. The smallest absolute Gasteiger partial charge is 0.262 e. The molecule has 2 N–H and O–H groups in total. The quantitative estimate of drug-likeness (QED) is 0.674. The number of carbonyl (C=O) groups excluding carboxylic acids is 1. The third-order valence-corrected chi connectivity index (χ3v) is 6.23. The van der Waals surface area contributed by atoms with Gasteiger partial charge in [-0.05, 0) is 35.6 Å². The highest BCUT2D eigenvalue weighted by Gasteiger charge is 2.39. The standard InChI is InChI=1S/C21H19N5OS/c1-21(17-11-25(3)10-16(17)19(27)26(4)20(22)24-21)18-9-14(12-28-18)13-6-5-7-15(8-13)23-2/h5-12H,1,3-4H3,(H2,22,24). The first-order valence-corrected chi connectivity index (χ1v) is 9.58. The lowest BCUT2D eigenvalue weighted by molar-refractivity contribution is 0.0870. The number of guanidine groups is 1. The van der Waals surface area contributed by atoms with E-state index in [9.17, 15) is 4.79 Å². The normalized spacial score (nSPS) is 19.0. The van der Waals surface area contributed by atoms with Crippen LogP contribution in [0.1, 0.15) is 27.7 Å². The number of benzene rings is 1. The minimum atomic E-state index is -0.776. The number of fused-ring (bicyclic) bond motifs is 1. The molecule has 3 aromatic rings. The van der Waals surface area contributed by atoms with E-state index < -0.39 is 5.54 Å². The second kappa shape index (κ2) is 6.36. The SMILES string of the molecule is [C-]#[N+]c1cccc(-c2csc(C3(C)N=C(N)N(C)C(=O)c4cn(C)cc43)c2)c1. The number of carbonyl (C=O) groups is 1. The first-order valence-electron chi connectivity index (χ1n) is 8.70. The van der Waals surface area contributed by atoms with Crippen molar-refractivity contribution in [2.75, 3.05) is 7.05 Å². The highest BCUT2D eigenvalue weighted by Crippen LogP contribution is 2.42. The highest BCUT2D eigenvalue weighted by molar-refractivity contribution is 7.10. The maximum absolute atomic E-state index is 12.8. The number of aryl methyl sites for hydroxylation is 1. The summed E-state index contributed by atoms with van der Waals surface area (Å²) in [6.45, 7) is 9.21. The van der Waals surface area contributed by atoms with Crippen molar-refractivity contribution in [2.45, 2.75) is 12.5 Å². The summed E-state index contributed by atoms with van der Waals surface area (Å²) in [7, 11) is 3.53. The fourth-order valence-corrected chi connectivity index (χ4v) is 4.51. The van der Waals surface area contributed by atoms with Crippen molar-refractivity contribution >= 4 is 28.9 Å². The zero-order chi connectivity index (χ0) is 20.1. The molecule has 1 unspecified atom stereocenters. The largest absolute Gasteiger partial charge is 0.369 e. The molecule has 0 fully saturated rings. The first-order chi connectivity index (χ1) is 13.3. The topological polar surface area (TPSA) is 68.0 Å². The van der Waals surface area contributed by atoms with Gasteiger partial charge in [0.05, 0.1) is 12.1 Å². The van der Waals surface area contributed by atoms with Crippen LogP contribution in [0.2, 0.25) is 0 Å². The number of nitrogens with two attached hydrogens (primary N) is 1. The molecule has 0 saturated carbocycles. The van der Waals surface area contributed by atoms with Crippen LogP contribution in [0.4, 0.5) is 5.69 Å². The number of hydrogen-bond acceptors (Lipinski definition) is 4. The molecule has 6 nitrogen and oxygen atoms in total. The number of thiophene rings is 1. The van der Waals surface area contributed by atoms with Gasteiger partial charge in [-0.15, -0.1) is 11.3 Å². The Kier molecular flexibility index (Phi) is 4.09. The van der Waals surface area contributed by atoms with Crippen molar-refractivity contribution in [1.82, 2.24) is 9.47 Å². The highest BCUT2D eigenvalue weighted by atomic mass is 32.1. The van der Waals surface area contributed by atoms with E-state index in [4.69, 9.17) is 17.3 Å². The summed E-state index contributed by atoms with van der Waals surface area (Å²) >= 11 is 1.57. The van der Waals surface area contributed by atoms with E-state index in [2.05, 4.69) is 10.9 Å². The van der Waals surface area contributed by atoms with Crippen LogP contribution in [-0.2, 0) is 12.6 Å². The Morgan fingerprint density at radius 1 is 1.21 bits per heavy atom. The summed E-state index contributed by atoms with van der Waals surface area (Å²) in [5.41, 5.74) is 9.38. The summed E-state index contributed by atoms with van der Waals surface area (Å²) in [5, 5.41) is 2.05. The monoisotopic (exact) mass is 389 g/mol. The van der Waals surface area contributed by atoms with E-state index in [1.165, 1.54) is 4.90 Å². The lowest BCUT2D eigenvalue weighted by Crippen LogP contribution is -2.38. The summed E-state index contributed by atoms with van der Waals surface area (Å²) in [4.78, 5) is 23.4. The van der Waals surface area contributed by atoms with E-state index in [0.717, 1.165) is 21.6 Å². The predicted octanol–water partition coefficient (Wildman–Crippen LogP) is 3.97. The number of hydrogen-bond donors (Lipinski definition) is 1. The summed E-state index contributed by atoms with van der Waals surface area (Å²) in [5.74, 6) is 0.0263. The Morgan fingerprint density at radius 3 is 2.75 bits per heavy atom. The fourth-order valence-electron chi connectivity index (χ4n) is 3.48. The van der Waals surface area contributed by atoms with Crippen molar-refractivity contribution in [2.24, 2.45) is 17.8 Å². The molecule has 0 saturated heterocycles. The van der Waals surface area contributed by atoms with E-state index in [0.29, 0.717) is 11.3 Å². The van der Waals surface area contributed by atoms with Gasteiger partial charge in [-0.25, -0.2) is 9.84 Å². The van der Waals surface area contributed by atoms with Crippen LogP contribution in [0.15, 0.2) is 53.1 Å². The molecule has 0 aliphatic carbocycles. The van der Waals surface area contributed by atoms with Gasteiger partial charge in [0.1, 0.15) is 5.54 Å². The molecule has 2 aromatic heterocycles.